The van der Waals surface area contributed by atoms with Crippen LogP contribution in [0.15, 0.2) is 28.8 Å². The maximum absolute atomic E-state index is 11.5. The second kappa shape index (κ2) is 6.15. The number of nitrogens with two attached hydrogens (primary N) is 1. The van der Waals surface area contributed by atoms with E-state index in [0.29, 0.717) is 29.1 Å². The molecule has 1 aliphatic carbocycles. The number of carbonyl (C=O) groups is 1. The summed E-state index contributed by atoms with van der Waals surface area (Å²) in [5, 5.41) is 6.59. The third kappa shape index (κ3) is 3.62. The number of ether oxygens (including phenoxy) is 1. The molecule has 22 heavy (non-hydrogen) atoms. The number of nitrogens with zero attached hydrogens (tertiary/aromatic N) is 2. The van der Waals surface area contributed by atoms with Crippen LogP contribution in [0, 0.1) is 0 Å². The van der Waals surface area contributed by atoms with Gasteiger partial charge in [-0.25, -0.2) is 0 Å². The van der Waals surface area contributed by atoms with Crippen molar-refractivity contribution >= 4 is 11.6 Å². The molecular weight excluding hydrogens is 284 g/mol. The summed E-state index contributed by atoms with van der Waals surface area (Å²) in [6.45, 7) is 1.88. The molecule has 1 aliphatic rings. The van der Waals surface area contributed by atoms with Gasteiger partial charge < -0.3 is 20.3 Å². The van der Waals surface area contributed by atoms with Gasteiger partial charge in [0.1, 0.15) is 5.75 Å². The van der Waals surface area contributed by atoms with E-state index in [1.54, 1.807) is 31.2 Å². The zero-order valence-electron chi connectivity index (χ0n) is 12.3. The lowest BCUT2D eigenvalue weighted by molar-refractivity contribution is -0.117. The molecule has 0 unspecified atom stereocenters. The zero-order chi connectivity index (χ0) is 15.5. The summed E-state index contributed by atoms with van der Waals surface area (Å²) in [6.07, 6.45) is 2.24. The Balaban J connectivity index is 1.52. The van der Waals surface area contributed by atoms with Crippen molar-refractivity contribution in [2.24, 2.45) is 5.73 Å². The first kappa shape index (κ1) is 14.5. The Hall–Kier alpha value is -2.41. The molecule has 1 saturated carbocycles. The van der Waals surface area contributed by atoms with E-state index in [4.69, 9.17) is 15.0 Å². The normalized spacial score (nSPS) is 15.4. The monoisotopic (exact) mass is 302 g/mol. The minimum Gasteiger partial charge on any atom is -0.485 e. The number of anilines is 1. The highest BCUT2D eigenvalue weighted by atomic mass is 16.5. The van der Waals surface area contributed by atoms with E-state index in [1.165, 1.54) is 0 Å². The Labute approximate surface area is 127 Å². The number of amides is 1. The van der Waals surface area contributed by atoms with Crippen LogP contribution < -0.4 is 15.8 Å². The maximum atomic E-state index is 11.5. The quantitative estimate of drug-likeness (QED) is 0.843. The fraction of sp³-hybridized carbons (Fsp3) is 0.400. The highest BCUT2D eigenvalue weighted by molar-refractivity contribution is 5.94. The van der Waals surface area contributed by atoms with E-state index in [0.717, 1.165) is 12.8 Å². The Morgan fingerprint density at radius 3 is 2.82 bits per heavy atom. The van der Waals surface area contributed by atoms with E-state index in [2.05, 4.69) is 15.5 Å². The second-order valence-electron chi connectivity index (χ2n) is 5.41. The molecule has 1 amide bonds. The fourth-order valence-corrected chi connectivity index (χ4v) is 1.86. The summed E-state index contributed by atoms with van der Waals surface area (Å²) in [5.41, 5.74) is 6.17. The average Bonchev–Trinajstić information content (AvgIpc) is 3.25. The van der Waals surface area contributed by atoms with E-state index in [-0.39, 0.29) is 12.5 Å². The Bertz CT molecular complexity index is 647. The lowest BCUT2D eigenvalue weighted by Gasteiger charge is -2.08. The molecule has 0 aliphatic heterocycles. The third-order valence-electron chi connectivity index (χ3n) is 3.31. The molecule has 7 nitrogen and oxygen atoms in total. The molecule has 0 radical (unpaired) electrons. The third-order valence-corrected chi connectivity index (χ3v) is 3.31. The zero-order valence-corrected chi connectivity index (χ0v) is 12.3. The first-order valence-electron chi connectivity index (χ1n) is 7.23. The summed E-state index contributed by atoms with van der Waals surface area (Å²) in [6, 6.07) is 6.48. The maximum Gasteiger partial charge on any atom is 0.240 e. The van der Waals surface area contributed by atoms with Crippen LogP contribution in [0.4, 0.5) is 5.69 Å². The van der Waals surface area contributed by atoms with Gasteiger partial charge in [0.05, 0.1) is 6.04 Å². The lowest BCUT2D eigenvalue weighted by atomic mass is 10.2. The van der Waals surface area contributed by atoms with Crippen LogP contribution in [-0.2, 0) is 11.4 Å². The molecule has 1 atom stereocenters. The van der Waals surface area contributed by atoms with Gasteiger partial charge in [0.2, 0.25) is 17.6 Å². The molecular formula is C15H18N4O3. The standard InChI is InChI=1S/C15H18N4O3/c1-9(16)14(20)17-11-4-6-12(7-5-11)21-8-13-18-15(22-19-13)10-2-3-10/h4-7,9-10H,2-3,8,16H2,1H3,(H,17,20)/t9-/m1/s1. The van der Waals surface area contributed by atoms with Crippen LogP contribution in [0.1, 0.15) is 37.4 Å². The van der Waals surface area contributed by atoms with Gasteiger partial charge in [-0.05, 0) is 44.0 Å². The van der Waals surface area contributed by atoms with Crippen LogP contribution in [-0.4, -0.2) is 22.1 Å². The van der Waals surface area contributed by atoms with Crippen molar-refractivity contribution in [3.8, 4) is 5.75 Å². The number of carbonyl (C=O) groups excluding carboxylic acids is 1. The largest absolute Gasteiger partial charge is 0.485 e. The Morgan fingerprint density at radius 2 is 2.18 bits per heavy atom. The van der Waals surface area contributed by atoms with Crippen molar-refractivity contribution in [2.45, 2.75) is 38.3 Å². The molecule has 1 aromatic carbocycles. The van der Waals surface area contributed by atoms with Crippen molar-refractivity contribution in [3.05, 3.63) is 36.0 Å². The molecule has 0 bridgehead atoms. The van der Waals surface area contributed by atoms with Crippen LogP contribution in [0.25, 0.3) is 0 Å². The van der Waals surface area contributed by atoms with Crippen LogP contribution >= 0.6 is 0 Å². The molecule has 0 saturated heterocycles. The molecule has 2 aromatic rings. The van der Waals surface area contributed by atoms with Gasteiger partial charge >= 0.3 is 0 Å². The fourth-order valence-electron chi connectivity index (χ4n) is 1.86. The second-order valence-corrected chi connectivity index (χ2v) is 5.41. The number of hydrogen-bond acceptors (Lipinski definition) is 6. The predicted octanol–water partition coefficient (Wildman–Crippen LogP) is 1.81. The van der Waals surface area contributed by atoms with Gasteiger partial charge in [-0.2, -0.15) is 4.98 Å². The lowest BCUT2D eigenvalue weighted by Crippen LogP contribution is -2.32. The van der Waals surface area contributed by atoms with E-state index in [1.807, 2.05) is 0 Å². The van der Waals surface area contributed by atoms with E-state index >= 15 is 0 Å². The van der Waals surface area contributed by atoms with Gasteiger partial charge in [-0.3, -0.25) is 4.79 Å². The first-order chi connectivity index (χ1) is 10.6. The average molecular weight is 302 g/mol. The van der Waals surface area contributed by atoms with Crippen LogP contribution in [0.3, 0.4) is 0 Å². The number of hydrogen-bond donors (Lipinski definition) is 2. The summed E-state index contributed by atoms with van der Waals surface area (Å²) >= 11 is 0. The molecule has 7 heteroatoms. The first-order valence-corrected chi connectivity index (χ1v) is 7.23. The van der Waals surface area contributed by atoms with Gasteiger partial charge in [0.25, 0.3) is 0 Å². The number of nitrogens with one attached hydrogen (secondary N) is 1. The van der Waals surface area contributed by atoms with Gasteiger partial charge in [-0.15, -0.1) is 0 Å². The van der Waals surface area contributed by atoms with Gasteiger partial charge in [0, 0.05) is 11.6 Å². The summed E-state index contributed by atoms with van der Waals surface area (Å²) in [7, 11) is 0. The summed E-state index contributed by atoms with van der Waals surface area (Å²) in [4.78, 5) is 15.8. The molecule has 3 rings (SSSR count). The highest BCUT2D eigenvalue weighted by Gasteiger charge is 2.29. The Morgan fingerprint density at radius 1 is 1.45 bits per heavy atom. The molecule has 116 valence electrons. The molecule has 1 aromatic heterocycles. The van der Waals surface area contributed by atoms with Crippen molar-refractivity contribution in [3.63, 3.8) is 0 Å². The van der Waals surface area contributed by atoms with E-state index in [9.17, 15) is 4.79 Å². The topological polar surface area (TPSA) is 103 Å². The smallest absolute Gasteiger partial charge is 0.240 e. The summed E-state index contributed by atoms with van der Waals surface area (Å²) in [5.74, 6) is 2.11. The van der Waals surface area contributed by atoms with Crippen molar-refractivity contribution < 1.29 is 14.1 Å². The minimum absolute atomic E-state index is 0.229. The Kier molecular flexibility index (Phi) is 4.06. The molecule has 0 spiro atoms. The molecule has 1 heterocycles. The van der Waals surface area contributed by atoms with Crippen molar-refractivity contribution in [1.82, 2.24) is 10.1 Å². The summed E-state index contributed by atoms with van der Waals surface area (Å²) < 4.78 is 10.8. The van der Waals surface area contributed by atoms with Gasteiger partial charge in [0.15, 0.2) is 6.61 Å². The van der Waals surface area contributed by atoms with Crippen LogP contribution in [0.5, 0.6) is 5.75 Å². The molecule has 1 fully saturated rings. The van der Waals surface area contributed by atoms with Crippen LogP contribution in [0.2, 0.25) is 0 Å². The van der Waals surface area contributed by atoms with Crippen molar-refractivity contribution in [1.29, 1.82) is 0 Å². The SMILES string of the molecule is C[C@@H](N)C(=O)Nc1ccc(OCc2noc(C3CC3)n2)cc1. The van der Waals surface area contributed by atoms with E-state index < -0.39 is 6.04 Å². The van der Waals surface area contributed by atoms with Gasteiger partial charge in [-0.1, -0.05) is 5.16 Å². The molecule has 3 N–H and O–H groups in total. The predicted molar refractivity (Wildman–Crippen MR) is 79.3 cm³/mol. The minimum atomic E-state index is -0.546. The number of aromatic nitrogens is 2. The number of rotatable bonds is 6. The van der Waals surface area contributed by atoms with Crippen molar-refractivity contribution in [2.75, 3.05) is 5.32 Å². The number of benzene rings is 1. The highest BCUT2D eigenvalue weighted by Crippen LogP contribution is 2.38.